The molecular weight excluding hydrogens is 304 g/mol. The molecule has 24 heavy (non-hydrogen) atoms. The third-order valence-corrected chi connectivity index (χ3v) is 4.64. The van der Waals surface area contributed by atoms with Gasteiger partial charge in [-0.25, -0.2) is 0 Å². The Balaban J connectivity index is 2.37. The first-order valence-electron chi connectivity index (χ1n) is 9.49. The van der Waals surface area contributed by atoms with Crippen LogP contribution in [0.4, 0.5) is 0 Å². The number of hydrogen-bond donors (Lipinski definition) is 2. The lowest BCUT2D eigenvalue weighted by Crippen LogP contribution is -2.59. The van der Waals surface area contributed by atoms with Crippen LogP contribution in [0.3, 0.4) is 0 Å². The Morgan fingerprint density at radius 3 is 1.54 bits per heavy atom. The molecule has 2 atom stereocenters. The third kappa shape index (κ3) is 7.62. The third-order valence-electron chi connectivity index (χ3n) is 4.64. The molecule has 0 radical (unpaired) electrons. The Morgan fingerprint density at radius 1 is 0.833 bits per heavy atom. The highest BCUT2D eigenvalue weighted by molar-refractivity contribution is 5.78. The van der Waals surface area contributed by atoms with E-state index >= 15 is 0 Å². The molecule has 0 unspecified atom stereocenters. The van der Waals surface area contributed by atoms with E-state index < -0.39 is 0 Å². The summed E-state index contributed by atoms with van der Waals surface area (Å²) in [7, 11) is 0. The molecule has 0 bridgehead atoms. The Labute approximate surface area is 147 Å². The number of nitrogens with zero attached hydrogens (tertiary/aromatic N) is 2. The number of amides is 2. The number of hydrogen-bond acceptors (Lipinski definition) is 4. The first-order chi connectivity index (χ1) is 11.5. The highest BCUT2D eigenvalue weighted by Gasteiger charge is 2.30. The lowest BCUT2D eigenvalue weighted by Gasteiger charge is -2.43. The summed E-state index contributed by atoms with van der Waals surface area (Å²) in [6.45, 7) is 12.6. The number of unbranched alkanes of at least 4 members (excludes halogenated alkanes) is 2. The Hall–Kier alpha value is -1.14. The maximum atomic E-state index is 12.0. The highest BCUT2D eigenvalue weighted by Crippen LogP contribution is 2.14. The zero-order valence-corrected chi connectivity index (χ0v) is 15.9. The summed E-state index contributed by atoms with van der Waals surface area (Å²) >= 11 is 0. The minimum atomic E-state index is 0.105. The van der Waals surface area contributed by atoms with Gasteiger partial charge in [-0.2, -0.15) is 0 Å². The molecule has 0 saturated carbocycles. The van der Waals surface area contributed by atoms with E-state index in [2.05, 4.69) is 48.1 Å². The molecule has 1 aliphatic heterocycles. The number of rotatable bonds is 10. The van der Waals surface area contributed by atoms with Gasteiger partial charge in [0.15, 0.2) is 0 Å². The molecule has 1 aliphatic rings. The van der Waals surface area contributed by atoms with Crippen LogP contribution in [-0.2, 0) is 9.59 Å². The van der Waals surface area contributed by atoms with Crippen LogP contribution in [0.1, 0.15) is 53.4 Å². The molecule has 1 heterocycles. The molecule has 1 fully saturated rings. The SMILES string of the molecule is CCCCNC(=O)CN1C[C@H](C)N(CC(=O)NCCCC)C[C@@H]1C. The fourth-order valence-corrected chi connectivity index (χ4v) is 3.00. The molecule has 6 nitrogen and oxygen atoms in total. The smallest absolute Gasteiger partial charge is 0.234 e. The normalized spacial score (nSPS) is 22.3. The summed E-state index contributed by atoms with van der Waals surface area (Å²) in [6, 6.07) is 0.558. The van der Waals surface area contributed by atoms with Crippen LogP contribution in [0.2, 0.25) is 0 Å². The summed E-state index contributed by atoms with van der Waals surface area (Å²) in [6.07, 6.45) is 4.23. The summed E-state index contributed by atoms with van der Waals surface area (Å²) in [5.74, 6) is 0.210. The zero-order chi connectivity index (χ0) is 17.9. The van der Waals surface area contributed by atoms with Gasteiger partial charge in [-0.3, -0.25) is 19.4 Å². The van der Waals surface area contributed by atoms with E-state index in [9.17, 15) is 9.59 Å². The Bertz CT molecular complexity index is 353. The molecule has 1 saturated heterocycles. The van der Waals surface area contributed by atoms with E-state index in [-0.39, 0.29) is 23.9 Å². The fraction of sp³-hybridized carbons (Fsp3) is 0.889. The van der Waals surface area contributed by atoms with Crippen molar-refractivity contribution in [3.05, 3.63) is 0 Å². The number of carbonyl (C=O) groups excluding carboxylic acids is 2. The van der Waals surface area contributed by atoms with Gasteiger partial charge in [0, 0.05) is 38.3 Å². The van der Waals surface area contributed by atoms with Gasteiger partial charge in [0.2, 0.25) is 11.8 Å². The molecule has 0 aromatic heterocycles. The predicted octanol–water partition coefficient (Wildman–Crippen LogP) is 1.21. The average Bonchev–Trinajstić information content (AvgIpc) is 2.52. The first kappa shape index (κ1) is 20.9. The van der Waals surface area contributed by atoms with Crippen LogP contribution in [0.15, 0.2) is 0 Å². The van der Waals surface area contributed by atoms with E-state index in [1.807, 2.05) is 0 Å². The highest BCUT2D eigenvalue weighted by atomic mass is 16.2. The van der Waals surface area contributed by atoms with Crippen LogP contribution in [-0.4, -0.2) is 73.0 Å². The molecule has 0 aromatic rings. The molecule has 0 spiro atoms. The molecule has 6 heteroatoms. The summed E-state index contributed by atoms with van der Waals surface area (Å²) in [4.78, 5) is 28.5. The molecule has 2 amide bonds. The maximum absolute atomic E-state index is 12.0. The lowest BCUT2D eigenvalue weighted by molar-refractivity contribution is -0.127. The Morgan fingerprint density at radius 2 is 1.21 bits per heavy atom. The van der Waals surface area contributed by atoms with Gasteiger partial charge in [0.05, 0.1) is 13.1 Å². The van der Waals surface area contributed by atoms with Crippen molar-refractivity contribution in [3.63, 3.8) is 0 Å². The minimum Gasteiger partial charge on any atom is -0.355 e. The Kier molecular flexibility index (Phi) is 9.95. The van der Waals surface area contributed by atoms with Crippen molar-refractivity contribution in [1.82, 2.24) is 20.4 Å². The molecule has 0 aromatic carbocycles. The van der Waals surface area contributed by atoms with Crippen molar-refractivity contribution in [1.29, 1.82) is 0 Å². The number of nitrogens with one attached hydrogen (secondary N) is 2. The molecule has 1 rings (SSSR count). The van der Waals surface area contributed by atoms with Crippen LogP contribution < -0.4 is 10.6 Å². The van der Waals surface area contributed by atoms with Crippen LogP contribution in [0.25, 0.3) is 0 Å². The van der Waals surface area contributed by atoms with Crippen LogP contribution >= 0.6 is 0 Å². The van der Waals surface area contributed by atoms with E-state index in [1.165, 1.54) is 0 Å². The molecule has 2 N–H and O–H groups in total. The van der Waals surface area contributed by atoms with Gasteiger partial charge in [-0.15, -0.1) is 0 Å². The average molecular weight is 341 g/mol. The van der Waals surface area contributed by atoms with Crippen LogP contribution in [0, 0.1) is 0 Å². The zero-order valence-electron chi connectivity index (χ0n) is 15.9. The second kappa shape index (κ2) is 11.4. The second-order valence-electron chi connectivity index (χ2n) is 6.96. The number of piperazine rings is 1. The maximum Gasteiger partial charge on any atom is 0.234 e. The van der Waals surface area contributed by atoms with E-state index in [4.69, 9.17) is 0 Å². The van der Waals surface area contributed by atoms with Crippen molar-refractivity contribution < 1.29 is 9.59 Å². The van der Waals surface area contributed by atoms with Crippen LogP contribution in [0.5, 0.6) is 0 Å². The standard InChI is InChI=1S/C18H36N4O2/c1-5-7-9-19-17(23)13-21-11-16(4)22(12-15(21)3)14-18(24)20-10-8-6-2/h15-16H,5-14H2,1-4H3,(H,19,23)(H,20,24)/t15-,16-/m0/s1. The van der Waals surface area contributed by atoms with Crippen molar-refractivity contribution in [2.45, 2.75) is 65.5 Å². The summed E-state index contributed by atoms with van der Waals surface area (Å²) in [5, 5.41) is 5.96. The van der Waals surface area contributed by atoms with Gasteiger partial charge < -0.3 is 10.6 Å². The van der Waals surface area contributed by atoms with Gasteiger partial charge in [-0.05, 0) is 26.7 Å². The van der Waals surface area contributed by atoms with Gasteiger partial charge in [-0.1, -0.05) is 26.7 Å². The van der Waals surface area contributed by atoms with Gasteiger partial charge >= 0.3 is 0 Å². The monoisotopic (exact) mass is 340 g/mol. The second-order valence-corrected chi connectivity index (χ2v) is 6.96. The quantitative estimate of drug-likeness (QED) is 0.587. The fourth-order valence-electron chi connectivity index (χ4n) is 3.00. The van der Waals surface area contributed by atoms with Crippen molar-refractivity contribution >= 4 is 11.8 Å². The summed E-state index contributed by atoms with van der Waals surface area (Å²) in [5.41, 5.74) is 0. The van der Waals surface area contributed by atoms with E-state index in [0.29, 0.717) is 13.1 Å². The largest absolute Gasteiger partial charge is 0.355 e. The predicted molar refractivity (Wildman–Crippen MR) is 97.9 cm³/mol. The van der Waals surface area contributed by atoms with Crippen molar-refractivity contribution in [2.24, 2.45) is 0 Å². The topological polar surface area (TPSA) is 64.7 Å². The molecule has 140 valence electrons. The van der Waals surface area contributed by atoms with Crippen molar-refractivity contribution in [2.75, 3.05) is 39.3 Å². The van der Waals surface area contributed by atoms with E-state index in [0.717, 1.165) is 51.9 Å². The van der Waals surface area contributed by atoms with E-state index in [1.54, 1.807) is 0 Å². The summed E-state index contributed by atoms with van der Waals surface area (Å²) < 4.78 is 0. The van der Waals surface area contributed by atoms with Crippen molar-refractivity contribution in [3.8, 4) is 0 Å². The minimum absolute atomic E-state index is 0.105. The van der Waals surface area contributed by atoms with Gasteiger partial charge in [0.25, 0.3) is 0 Å². The molecule has 0 aliphatic carbocycles. The van der Waals surface area contributed by atoms with Gasteiger partial charge in [0.1, 0.15) is 0 Å². The molecular formula is C18H36N4O2. The lowest BCUT2D eigenvalue weighted by atomic mass is 10.1. The number of carbonyl (C=O) groups is 2. The first-order valence-corrected chi connectivity index (χ1v) is 9.49.